The fraction of sp³-hybridized carbons (Fsp3) is 0.818. The lowest BCUT2D eigenvalue weighted by Crippen LogP contribution is -2.41. The van der Waals surface area contributed by atoms with Crippen LogP contribution in [0.25, 0.3) is 0 Å². The molecule has 0 radical (unpaired) electrons. The molecule has 1 saturated heterocycles. The molecule has 1 heterocycles. The first-order valence-electron chi connectivity index (χ1n) is 5.45. The molecule has 3 heteroatoms. The first kappa shape index (κ1) is 10.2. The van der Waals surface area contributed by atoms with Gasteiger partial charge >= 0.3 is 7.12 Å². The SMILES string of the molecule is CC1(C)OB(C2C=CCC2)OC1(C)C. The van der Waals surface area contributed by atoms with Gasteiger partial charge in [-0.3, -0.25) is 0 Å². The average molecular weight is 194 g/mol. The van der Waals surface area contributed by atoms with Gasteiger partial charge in [0.05, 0.1) is 11.2 Å². The third-order valence-corrected chi connectivity index (χ3v) is 3.67. The predicted octanol–water partition coefficient (Wildman–Crippen LogP) is 2.80. The molecule has 1 aliphatic heterocycles. The van der Waals surface area contributed by atoms with Crippen molar-refractivity contribution < 1.29 is 9.31 Å². The fourth-order valence-electron chi connectivity index (χ4n) is 1.95. The van der Waals surface area contributed by atoms with Crippen molar-refractivity contribution in [2.45, 2.75) is 57.6 Å². The minimum Gasteiger partial charge on any atom is -0.403 e. The lowest BCUT2D eigenvalue weighted by molar-refractivity contribution is 0.00578. The molecule has 0 spiro atoms. The molecule has 1 unspecified atom stereocenters. The minimum atomic E-state index is -0.186. The first-order valence-corrected chi connectivity index (χ1v) is 5.45. The molecule has 1 atom stereocenters. The normalized spacial score (nSPS) is 34.0. The van der Waals surface area contributed by atoms with Crippen molar-refractivity contribution >= 4 is 7.12 Å². The molecule has 0 aromatic heterocycles. The van der Waals surface area contributed by atoms with Crippen LogP contribution in [-0.4, -0.2) is 18.3 Å². The predicted molar refractivity (Wildman–Crippen MR) is 58.2 cm³/mol. The van der Waals surface area contributed by atoms with Gasteiger partial charge in [0.15, 0.2) is 0 Å². The molecule has 2 nitrogen and oxygen atoms in total. The van der Waals surface area contributed by atoms with Gasteiger partial charge in [0.2, 0.25) is 0 Å². The van der Waals surface area contributed by atoms with E-state index in [-0.39, 0.29) is 18.3 Å². The Kier molecular flexibility index (Phi) is 2.28. The zero-order valence-electron chi connectivity index (χ0n) is 9.54. The molecule has 0 N–H and O–H groups in total. The minimum absolute atomic E-state index is 0.0428. The number of rotatable bonds is 1. The Morgan fingerprint density at radius 3 is 2.14 bits per heavy atom. The molecule has 0 amide bonds. The summed E-state index contributed by atoms with van der Waals surface area (Å²) in [5, 5.41) is 0. The highest BCUT2D eigenvalue weighted by atomic mass is 16.7. The standard InChI is InChI=1S/C11H19BO2/c1-10(2)11(3,4)14-12(13-10)9-7-5-6-8-9/h5,7,9H,6,8H2,1-4H3. The van der Waals surface area contributed by atoms with E-state index in [9.17, 15) is 0 Å². The van der Waals surface area contributed by atoms with Crippen LogP contribution in [0.4, 0.5) is 0 Å². The van der Waals surface area contributed by atoms with Gasteiger partial charge in [-0.2, -0.15) is 0 Å². The van der Waals surface area contributed by atoms with Gasteiger partial charge in [-0.1, -0.05) is 12.2 Å². The Morgan fingerprint density at radius 1 is 1.14 bits per heavy atom. The third kappa shape index (κ3) is 1.53. The van der Waals surface area contributed by atoms with Crippen LogP contribution in [0.15, 0.2) is 12.2 Å². The molecular weight excluding hydrogens is 175 g/mol. The summed E-state index contributed by atoms with van der Waals surface area (Å²) in [6.45, 7) is 8.41. The topological polar surface area (TPSA) is 18.5 Å². The van der Waals surface area contributed by atoms with Crippen molar-refractivity contribution in [2.75, 3.05) is 0 Å². The summed E-state index contributed by atoms with van der Waals surface area (Å²) in [7, 11) is -0.0428. The van der Waals surface area contributed by atoms with Crippen LogP contribution in [0.5, 0.6) is 0 Å². The first-order chi connectivity index (χ1) is 6.42. The fourth-order valence-corrected chi connectivity index (χ4v) is 1.95. The molecule has 78 valence electrons. The molecule has 0 saturated carbocycles. The van der Waals surface area contributed by atoms with Gasteiger partial charge in [0, 0.05) is 5.82 Å². The van der Waals surface area contributed by atoms with Gasteiger partial charge in [0.25, 0.3) is 0 Å². The monoisotopic (exact) mass is 194 g/mol. The van der Waals surface area contributed by atoms with Gasteiger partial charge in [-0.15, -0.1) is 0 Å². The second-order valence-corrected chi connectivity index (χ2v) is 5.29. The van der Waals surface area contributed by atoms with E-state index in [1.165, 1.54) is 0 Å². The van der Waals surface area contributed by atoms with Crippen molar-refractivity contribution in [2.24, 2.45) is 0 Å². The Morgan fingerprint density at radius 2 is 1.71 bits per heavy atom. The van der Waals surface area contributed by atoms with Gasteiger partial charge in [-0.05, 0) is 40.5 Å². The van der Waals surface area contributed by atoms with Crippen molar-refractivity contribution in [3.8, 4) is 0 Å². The maximum Gasteiger partial charge on any atom is 0.465 e. The molecule has 2 rings (SSSR count). The molecular formula is C11H19BO2. The summed E-state index contributed by atoms with van der Waals surface area (Å²) in [6, 6.07) is 0. The van der Waals surface area contributed by atoms with Crippen molar-refractivity contribution in [3.05, 3.63) is 12.2 Å². The Labute approximate surface area is 86.8 Å². The van der Waals surface area contributed by atoms with Crippen LogP contribution in [-0.2, 0) is 9.31 Å². The second kappa shape index (κ2) is 3.11. The van der Waals surface area contributed by atoms with Crippen molar-refractivity contribution in [1.29, 1.82) is 0 Å². The Balaban J connectivity index is 2.09. The molecule has 1 aliphatic carbocycles. The average Bonchev–Trinajstić information content (AvgIpc) is 2.58. The van der Waals surface area contributed by atoms with E-state index in [4.69, 9.17) is 9.31 Å². The van der Waals surface area contributed by atoms with Gasteiger partial charge in [-0.25, -0.2) is 0 Å². The summed E-state index contributed by atoms with van der Waals surface area (Å²) in [5.41, 5.74) is -0.373. The molecule has 0 bridgehead atoms. The summed E-state index contributed by atoms with van der Waals surface area (Å²) in [5.74, 6) is 0.455. The Hall–Kier alpha value is -0.275. The molecule has 0 aromatic rings. The summed E-state index contributed by atoms with van der Waals surface area (Å²) in [4.78, 5) is 0. The zero-order valence-corrected chi connectivity index (χ0v) is 9.54. The van der Waals surface area contributed by atoms with Crippen LogP contribution in [0, 0.1) is 0 Å². The highest BCUT2D eigenvalue weighted by molar-refractivity contribution is 6.48. The summed E-state index contributed by atoms with van der Waals surface area (Å²) >= 11 is 0. The maximum atomic E-state index is 5.97. The Bertz CT molecular complexity index is 242. The lowest BCUT2D eigenvalue weighted by atomic mass is 9.72. The zero-order chi connectivity index (χ0) is 10.4. The van der Waals surface area contributed by atoms with Crippen LogP contribution in [0.2, 0.25) is 5.82 Å². The van der Waals surface area contributed by atoms with E-state index < -0.39 is 0 Å². The van der Waals surface area contributed by atoms with Gasteiger partial charge < -0.3 is 9.31 Å². The van der Waals surface area contributed by atoms with E-state index in [1.54, 1.807) is 0 Å². The molecule has 0 aromatic carbocycles. The second-order valence-electron chi connectivity index (χ2n) is 5.29. The largest absolute Gasteiger partial charge is 0.465 e. The van der Waals surface area contributed by atoms with E-state index in [0.29, 0.717) is 5.82 Å². The van der Waals surface area contributed by atoms with E-state index in [1.807, 2.05) is 0 Å². The highest BCUT2D eigenvalue weighted by Gasteiger charge is 2.53. The van der Waals surface area contributed by atoms with Gasteiger partial charge in [0.1, 0.15) is 0 Å². The number of allylic oxidation sites excluding steroid dienone is 2. The smallest absolute Gasteiger partial charge is 0.403 e. The third-order valence-electron chi connectivity index (χ3n) is 3.67. The van der Waals surface area contributed by atoms with E-state index >= 15 is 0 Å². The molecule has 2 aliphatic rings. The molecule has 1 fully saturated rings. The maximum absolute atomic E-state index is 5.97. The number of hydrogen-bond donors (Lipinski definition) is 0. The summed E-state index contributed by atoms with van der Waals surface area (Å²) < 4.78 is 11.9. The lowest BCUT2D eigenvalue weighted by Gasteiger charge is -2.32. The number of hydrogen-bond acceptors (Lipinski definition) is 2. The summed E-state index contributed by atoms with van der Waals surface area (Å²) in [6.07, 6.45) is 6.77. The van der Waals surface area contributed by atoms with Crippen molar-refractivity contribution in [1.82, 2.24) is 0 Å². The van der Waals surface area contributed by atoms with E-state index in [0.717, 1.165) is 12.8 Å². The van der Waals surface area contributed by atoms with Crippen LogP contribution < -0.4 is 0 Å². The van der Waals surface area contributed by atoms with E-state index in [2.05, 4.69) is 39.8 Å². The van der Waals surface area contributed by atoms with Crippen LogP contribution in [0.1, 0.15) is 40.5 Å². The molecule has 14 heavy (non-hydrogen) atoms. The van der Waals surface area contributed by atoms with Crippen molar-refractivity contribution in [3.63, 3.8) is 0 Å². The highest BCUT2D eigenvalue weighted by Crippen LogP contribution is 2.42. The quantitative estimate of drug-likeness (QED) is 0.472. The van der Waals surface area contributed by atoms with Crippen LogP contribution in [0.3, 0.4) is 0 Å². The van der Waals surface area contributed by atoms with Crippen LogP contribution >= 0.6 is 0 Å².